The highest BCUT2D eigenvalue weighted by Gasteiger charge is 2.08. The number of hydrogen-bond acceptors (Lipinski definition) is 3. The molecule has 1 aromatic rings. The lowest BCUT2D eigenvalue weighted by Gasteiger charge is -2.11. The topological polar surface area (TPSA) is 58.6 Å². The third-order valence-corrected chi connectivity index (χ3v) is 2.45. The number of hydrogen-bond donors (Lipinski definition) is 2. The van der Waals surface area contributed by atoms with Crippen LogP contribution in [0.4, 0.5) is 0 Å². The fourth-order valence-corrected chi connectivity index (χ4v) is 1.37. The van der Waals surface area contributed by atoms with Gasteiger partial charge in [-0.25, -0.2) is 0 Å². The lowest BCUT2D eigenvalue weighted by atomic mass is 10.1. The first-order chi connectivity index (χ1) is 8.52. The zero-order valence-corrected chi connectivity index (χ0v) is 11.1. The normalized spacial score (nSPS) is 12.5. The van der Waals surface area contributed by atoms with Crippen LogP contribution in [0.25, 0.3) is 0 Å². The van der Waals surface area contributed by atoms with Crippen molar-refractivity contribution in [2.24, 2.45) is 0 Å². The van der Waals surface area contributed by atoms with Gasteiger partial charge in [-0.1, -0.05) is 12.1 Å². The van der Waals surface area contributed by atoms with E-state index in [1.165, 1.54) is 0 Å². The summed E-state index contributed by atoms with van der Waals surface area (Å²) in [6.07, 6.45) is 0.193. The summed E-state index contributed by atoms with van der Waals surface area (Å²) in [5, 5.41) is 11.6. The zero-order chi connectivity index (χ0) is 13.5. The van der Waals surface area contributed by atoms with E-state index in [-0.39, 0.29) is 24.7 Å². The van der Waals surface area contributed by atoms with Crippen molar-refractivity contribution in [2.75, 3.05) is 6.61 Å². The predicted molar refractivity (Wildman–Crippen MR) is 70.4 cm³/mol. The zero-order valence-electron chi connectivity index (χ0n) is 11.1. The van der Waals surface area contributed by atoms with Crippen molar-refractivity contribution < 1.29 is 14.6 Å². The van der Waals surface area contributed by atoms with Crippen LogP contribution in [0.15, 0.2) is 24.3 Å². The highest BCUT2D eigenvalue weighted by Crippen LogP contribution is 2.07. The number of rotatable bonds is 6. The van der Waals surface area contributed by atoms with Gasteiger partial charge in [0.15, 0.2) is 0 Å². The second kappa shape index (κ2) is 7.13. The number of aliphatic hydroxyl groups is 1. The molecule has 0 aromatic heterocycles. The smallest absolute Gasteiger partial charge is 0.251 e. The maximum atomic E-state index is 11.7. The van der Waals surface area contributed by atoms with Gasteiger partial charge in [-0.3, -0.25) is 4.79 Å². The number of amides is 1. The Morgan fingerprint density at radius 2 is 1.89 bits per heavy atom. The quantitative estimate of drug-likeness (QED) is 0.809. The van der Waals surface area contributed by atoms with Gasteiger partial charge in [0.2, 0.25) is 0 Å². The van der Waals surface area contributed by atoms with Gasteiger partial charge < -0.3 is 15.2 Å². The van der Waals surface area contributed by atoms with E-state index in [9.17, 15) is 4.79 Å². The van der Waals surface area contributed by atoms with Gasteiger partial charge in [0.05, 0.1) is 19.3 Å². The van der Waals surface area contributed by atoms with Crippen molar-refractivity contribution >= 4 is 5.91 Å². The molecule has 0 heterocycles. The summed E-state index contributed by atoms with van der Waals surface area (Å²) in [6.45, 7) is 6.21. The van der Waals surface area contributed by atoms with E-state index >= 15 is 0 Å². The molecule has 0 fully saturated rings. The maximum Gasteiger partial charge on any atom is 0.251 e. The SMILES string of the molecule is CC(CO)NC(=O)c1ccc(COC(C)C)cc1. The van der Waals surface area contributed by atoms with E-state index < -0.39 is 0 Å². The number of carbonyl (C=O) groups excluding carboxylic acids is 1. The van der Waals surface area contributed by atoms with Crippen LogP contribution in [-0.2, 0) is 11.3 Å². The summed E-state index contributed by atoms with van der Waals surface area (Å²) in [6, 6.07) is 7.04. The Labute approximate surface area is 108 Å². The van der Waals surface area contributed by atoms with Crippen molar-refractivity contribution in [3.63, 3.8) is 0 Å². The maximum absolute atomic E-state index is 11.7. The van der Waals surface area contributed by atoms with E-state index in [4.69, 9.17) is 9.84 Å². The van der Waals surface area contributed by atoms with Crippen molar-refractivity contribution in [3.05, 3.63) is 35.4 Å². The van der Waals surface area contributed by atoms with Gasteiger partial charge in [-0.2, -0.15) is 0 Å². The van der Waals surface area contributed by atoms with Crippen LogP contribution in [0.2, 0.25) is 0 Å². The Bertz CT molecular complexity index is 373. The standard InChI is InChI=1S/C14H21NO3/c1-10(2)18-9-12-4-6-13(7-5-12)14(17)15-11(3)8-16/h4-7,10-11,16H,8-9H2,1-3H3,(H,15,17). The van der Waals surface area contributed by atoms with E-state index in [0.29, 0.717) is 12.2 Å². The van der Waals surface area contributed by atoms with Crippen LogP contribution in [-0.4, -0.2) is 29.8 Å². The fourth-order valence-electron chi connectivity index (χ4n) is 1.37. The first-order valence-corrected chi connectivity index (χ1v) is 6.15. The Morgan fingerprint density at radius 1 is 1.28 bits per heavy atom. The highest BCUT2D eigenvalue weighted by molar-refractivity contribution is 5.94. The van der Waals surface area contributed by atoms with Gasteiger partial charge in [0.1, 0.15) is 0 Å². The van der Waals surface area contributed by atoms with Crippen LogP contribution < -0.4 is 5.32 Å². The minimum Gasteiger partial charge on any atom is -0.394 e. The highest BCUT2D eigenvalue weighted by atomic mass is 16.5. The molecule has 1 atom stereocenters. The lowest BCUT2D eigenvalue weighted by Crippen LogP contribution is -2.34. The molecule has 0 saturated carbocycles. The van der Waals surface area contributed by atoms with Crippen molar-refractivity contribution in [3.8, 4) is 0 Å². The molecule has 0 saturated heterocycles. The molecule has 18 heavy (non-hydrogen) atoms. The molecule has 0 aliphatic carbocycles. The largest absolute Gasteiger partial charge is 0.394 e. The third-order valence-electron chi connectivity index (χ3n) is 2.45. The number of benzene rings is 1. The van der Waals surface area contributed by atoms with Crippen molar-refractivity contribution in [1.82, 2.24) is 5.32 Å². The summed E-state index contributed by atoms with van der Waals surface area (Å²) in [7, 11) is 0. The summed E-state index contributed by atoms with van der Waals surface area (Å²) in [5.41, 5.74) is 1.62. The summed E-state index contributed by atoms with van der Waals surface area (Å²) >= 11 is 0. The fraction of sp³-hybridized carbons (Fsp3) is 0.500. The molecule has 1 aromatic carbocycles. The molecular weight excluding hydrogens is 230 g/mol. The molecule has 0 bridgehead atoms. The average Bonchev–Trinajstić information content (AvgIpc) is 2.36. The molecule has 0 spiro atoms. The van der Waals surface area contributed by atoms with E-state index in [2.05, 4.69) is 5.32 Å². The Kier molecular flexibility index (Phi) is 5.82. The molecule has 1 rings (SSSR count). The number of carbonyl (C=O) groups is 1. The second-order valence-electron chi connectivity index (χ2n) is 4.61. The number of aliphatic hydroxyl groups excluding tert-OH is 1. The molecule has 1 amide bonds. The Hall–Kier alpha value is -1.39. The van der Waals surface area contributed by atoms with Gasteiger partial charge in [-0.15, -0.1) is 0 Å². The molecule has 0 aliphatic rings. The average molecular weight is 251 g/mol. The van der Waals surface area contributed by atoms with Gasteiger partial charge in [0, 0.05) is 11.6 Å². The Morgan fingerprint density at radius 3 is 2.39 bits per heavy atom. The van der Waals surface area contributed by atoms with Crippen LogP contribution in [0.1, 0.15) is 36.7 Å². The molecule has 4 nitrogen and oxygen atoms in total. The number of nitrogens with one attached hydrogen (secondary N) is 1. The summed E-state index contributed by atoms with van der Waals surface area (Å²) in [5.74, 6) is -0.173. The van der Waals surface area contributed by atoms with Gasteiger partial charge in [0.25, 0.3) is 5.91 Å². The van der Waals surface area contributed by atoms with Crippen molar-refractivity contribution in [1.29, 1.82) is 0 Å². The molecule has 0 aliphatic heterocycles. The first-order valence-electron chi connectivity index (χ1n) is 6.15. The lowest BCUT2D eigenvalue weighted by molar-refractivity contribution is 0.0656. The molecule has 4 heteroatoms. The van der Waals surface area contributed by atoms with Gasteiger partial charge in [-0.05, 0) is 38.5 Å². The van der Waals surface area contributed by atoms with Crippen LogP contribution in [0.5, 0.6) is 0 Å². The molecule has 100 valence electrons. The monoisotopic (exact) mass is 251 g/mol. The van der Waals surface area contributed by atoms with E-state index in [1.54, 1.807) is 19.1 Å². The summed E-state index contributed by atoms with van der Waals surface area (Å²) in [4.78, 5) is 11.7. The minimum atomic E-state index is -0.235. The molecular formula is C14H21NO3. The summed E-state index contributed by atoms with van der Waals surface area (Å²) < 4.78 is 5.48. The first kappa shape index (κ1) is 14.7. The second-order valence-corrected chi connectivity index (χ2v) is 4.61. The van der Waals surface area contributed by atoms with Crippen LogP contribution in [0, 0.1) is 0 Å². The molecule has 0 radical (unpaired) electrons. The van der Waals surface area contributed by atoms with Crippen LogP contribution >= 0.6 is 0 Å². The third kappa shape index (κ3) is 4.85. The minimum absolute atomic E-state index is 0.0634. The van der Waals surface area contributed by atoms with E-state index in [1.807, 2.05) is 26.0 Å². The molecule has 1 unspecified atom stereocenters. The van der Waals surface area contributed by atoms with E-state index in [0.717, 1.165) is 5.56 Å². The predicted octanol–water partition coefficient (Wildman–Crippen LogP) is 1.72. The van der Waals surface area contributed by atoms with Gasteiger partial charge >= 0.3 is 0 Å². The number of ether oxygens (including phenoxy) is 1. The molecule has 2 N–H and O–H groups in total. The van der Waals surface area contributed by atoms with Crippen molar-refractivity contribution in [2.45, 2.75) is 39.5 Å². The Balaban J connectivity index is 2.56. The van der Waals surface area contributed by atoms with Crippen LogP contribution in [0.3, 0.4) is 0 Å².